The number of benzene rings is 2. The highest BCUT2D eigenvalue weighted by Gasteiger charge is 2.61. The van der Waals surface area contributed by atoms with Crippen molar-refractivity contribution in [3.8, 4) is 11.8 Å². The van der Waals surface area contributed by atoms with Gasteiger partial charge in [0.25, 0.3) is 0 Å². The summed E-state index contributed by atoms with van der Waals surface area (Å²) in [5.41, 5.74) is 3.74. The Morgan fingerprint density at radius 3 is 2.47 bits per heavy atom. The van der Waals surface area contributed by atoms with Crippen molar-refractivity contribution in [1.29, 1.82) is 0 Å². The van der Waals surface area contributed by atoms with Crippen LogP contribution in [0.1, 0.15) is 65.7 Å². The van der Waals surface area contributed by atoms with Gasteiger partial charge in [0.2, 0.25) is 5.91 Å². The molecule has 0 radical (unpaired) electrons. The van der Waals surface area contributed by atoms with Crippen molar-refractivity contribution in [2.24, 2.45) is 5.92 Å². The van der Waals surface area contributed by atoms with E-state index in [-0.39, 0.29) is 24.5 Å². The number of alkyl carbamates (subject to hydrolysis) is 1. The van der Waals surface area contributed by atoms with Crippen LogP contribution in [0.15, 0.2) is 84.3 Å². The van der Waals surface area contributed by atoms with Crippen LogP contribution in [0.25, 0.3) is 5.57 Å². The topological polar surface area (TPSA) is 138 Å². The van der Waals surface area contributed by atoms with Crippen LogP contribution in [0.4, 0.5) is 9.59 Å². The SMILES string of the molecule is C=C(c1ccccc1)[C@@H](CC[C@H](C#Cc1ccccc1)NC(=O)C1(NC(=O)N(C)Cc2csc(C(C)C)n2)C[C@H]1CN1CCOCC1)NC(=O)OCc1cncs1. The van der Waals surface area contributed by atoms with Gasteiger partial charge in [0.1, 0.15) is 12.1 Å². The third-order valence-electron chi connectivity index (χ3n) is 10.1. The minimum Gasteiger partial charge on any atom is -0.444 e. The summed E-state index contributed by atoms with van der Waals surface area (Å²) in [6.45, 7) is 12.4. The van der Waals surface area contributed by atoms with Crippen LogP contribution >= 0.6 is 22.7 Å². The molecule has 1 aliphatic carbocycles. The van der Waals surface area contributed by atoms with E-state index in [4.69, 9.17) is 14.5 Å². The molecular formula is C43H51N7O5S2. The number of morpholine rings is 1. The Hall–Kier alpha value is -5.07. The third kappa shape index (κ3) is 11.7. The lowest BCUT2D eigenvalue weighted by Gasteiger charge is -2.29. The number of nitrogens with one attached hydrogen (secondary N) is 3. The first-order valence-electron chi connectivity index (χ1n) is 19.3. The Bertz CT molecular complexity index is 2010. The number of nitrogens with zero attached hydrogens (tertiary/aromatic N) is 4. The number of amides is 4. The van der Waals surface area contributed by atoms with E-state index in [2.05, 4.69) is 58.1 Å². The molecule has 14 heteroatoms. The van der Waals surface area contributed by atoms with Gasteiger partial charge in [-0.25, -0.2) is 14.6 Å². The zero-order chi connectivity index (χ0) is 40.2. The van der Waals surface area contributed by atoms with E-state index in [1.54, 1.807) is 35.0 Å². The normalized spacial score (nSPS) is 18.7. The summed E-state index contributed by atoms with van der Waals surface area (Å²) < 4.78 is 11.1. The molecule has 2 aromatic heterocycles. The number of ether oxygens (including phenoxy) is 2. The molecule has 1 saturated carbocycles. The van der Waals surface area contributed by atoms with Crippen molar-refractivity contribution < 1.29 is 23.9 Å². The van der Waals surface area contributed by atoms with E-state index in [1.165, 1.54) is 11.3 Å². The minimum absolute atomic E-state index is 0.0969. The molecular weight excluding hydrogens is 759 g/mol. The molecule has 0 spiro atoms. The molecule has 4 amide bonds. The number of hydrogen-bond acceptors (Lipinski definition) is 10. The average Bonchev–Trinajstić information content (AvgIpc) is 3.53. The van der Waals surface area contributed by atoms with Gasteiger partial charge in [-0.2, -0.15) is 0 Å². The van der Waals surface area contributed by atoms with E-state index in [1.807, 2.05) is 66.0 Å². The second kappa shape index (κ2) is 19.9. The first-order valence-corrected chi connectivity index (χ1v) is 21.1. The number of urea groups is 1. The second-order valence-corrected chi connectivity index (χ2v) is 16.6. The van der Waals surface area contributed by atoms with Crippen LogP contribution in [0.3, 0.4) is 0 Å². The van der Waals surface area contributed by atoms with Crippen LogP contribution in [0.5, 0.6) is 0 Å². The molecule has 4 atom stereocenters. The Labute approximate surface area is 343 Å². The summed E-state index contributed by atoms with van der Waals surface area (Å²) in [5.74, 6) is 6.42. The molecule has 57 heavy (non-hydrogen) atoms. The van der Waals surface area contributed by atoms with E-state index in [0.717, 1.165) is 39.8 Å². The van der Waals surface area contributed by atoms with E-state index >= 15 is 0 Å². The van der Waals surface area contributed by atoms with Gasteiger partial charge in [0.05, 0.1) is 52.9 Å². The highest BCUT2D eigenvalue weighted by molar-refractivity contribution is 7.09. The van der Waals surface area contributed by atoms with Crippen LogP contribution in [0.2, 0.25) is 0 Å². The number of thiazole rings is 2. The summed E-state index contributed by atoms with van der Waals surface area (Å²) in [4.78, 5) is 55.0. The standard InChI is InChI=1S/C43H51N7O5S2/c1-30(2)39-45-36(28-56-39)26-49(4)41(52)48-43(23-34(43)25-50-19-21-54-22-20-50)40(51)46-35(16-15-32-11-7-5-8-12-32)17-18-38(31(3)33-13-9-6-10-14-33)47-42(53)55-27-37-24-44-29-57-37/h5-14,24,28-30,34-35,38H,3,17-23,25-27H2,1-2,4H3,(H,46,51)(H,47,53)(H,48,52)/t34-,35-,38+,43?/m0/s1. The summed E-state index contributed by atoms with van der Waals surface area (Å²) in [6, 6.07) is 17.7. The van der Waals surface area contributed by atoms with Gasteiger partial charge in [0, 0.05) is 55.7 Å². The maximum atomic E-state index is 14.6. The second-order valence-electron chi connectivity index (χ2n) is 14.8. The van der Waals surface area contributed by atoms with Crippen molar-refractivity contribution in [1.82, 2.24) is 35.7 Å². The zero-order valence-corrected chi connectivity index (χ0v) is 34.4. The summed E-state index contributed by atoms with van der Waals surface area (Å²) in [7, 11) is 1.72. The molecule has 3 N–H and O–H groups in total. The molecule has 1 aliphatic heterocycles. The molecule has 0 bridgehead atoms. The molecule has 2 aliphatic rings. The minimum atomic E-state index is -1.13. The quantitative estimate of drug-likeness (QED) is 0.113. The fourth-order valence-corrected chi connectivity index (χ4v) is 8.04. The lowest BCUT2D eigenvalue weighted by atomic mass is 9.94. The maximum Gasteiger partial charge on any atom is 0.407 e. The molecule has 1 saturated heterocycles. The van der Waals surface area contributed by atoms with Gasteiger partial charge in [-0.3, -0.25) is 14.7 Å². The number of rotatable bonds is 16. The fourth-order valence-electron chi connectivity index (χ4n) is 6.71. The summed E-state index contributed by atoms with van der Waals surface area (Å²) in [5, 5.41) is 12.4. The number of aromatic nitrogens is 2. The van der Waals surface area contributed by atoms with Crippen molar-refractivity contribution in [3.05, 3.63) is 111 Å². The van der Waals surface area contributed by atoms with Gasteiger partial charge >= 0.3 is 12.1 Å². The molecule has 1 unspecified atom stereocenters. The predicted octanol–water partition coefficient (Wildman–Crippen LogP) is 6.28. The van der Waals surface area contributed by atoms with E-state index < -0.39 is 23.7 Å². The Kier molecular flexibility index (Phi) is 14.5. The smallest absolute Gasteiger partial charge is 0.407 e. The maximum absolute atomic E-state index is 14.6. The molecule has 12 nitrogen and oxygen atoms in total. The molecule has 6 rings (SSSR count). The summed E-state index contributed by atoms with van der Waals surface area (Å²) in [6.07, 6.45) is 2.33. The van der Waals surface area contributed by atoms with E-state index in [9.17, 15) is 14.4 Å². The summed E-state index contributed by atoms with van der Waals surface area (Å²) >= 11 is 2.99. The van der Waals surface area contributed by atoms with Crippen molar-refractivity contribution >= 4 is 46.3 Å². The van der Waals surface area contributed by atoms with Crippen LogP contribution in [-0.2, 0) is 27.4 Å². The predicted molar refractivity (Wildman–Crippen MR) is 223 cm³/mol. The van der Waals surface area contributed by atoms with Gasteiger partial charge in [-0.1, -0.05) is 80.8 Å². The molecule has 4 aromatic rings. The van der Waals surface area contributed by atoms with Crippen molar-refractivity contribution in [2.75, 3.05) is 39.9 Å². The molecule has 2 fully saturated rings. The van der Waals surface area contributed by atoms with Gasteiger partial charge in [-0.15, -0.1) is 22.7 Å². The first kappa shape index (κ1) is 41.6. The van der Waals surface area contributed by atoms with Gasteiger partial charge in [0.15, 0.2) is 0 Å². The highest BCUT2D eigenvalue weighted by atomic mass is 32.1. The highest BCUT2D eigenvalue weighted by Crippen LogP contribution is 2.45. The zero-order valence-electron chi connectivity index (χ0n) is 32.7. The number of carbonyl (C=O) groups is 3. The Morgan fingerprint density at radius 1 is 1.05 bits per heavy atom. The average molecular weight is 810 g/mol. The van der Waals surface area contributed by atoms with Gasteiger partial charge in [-0.05, 0) is 42.5 Å². The van der Waals surface area contributed by atoms with Crippen LogP contribution in [0, 0.1) is 17.8 Å². The van der Waals surface area contributed by atoms with Gasteiger partial charge < -0.3 is 30.3 Å². The fraction of sp³-hybridized carbons (Fsp3) is 0.419. The number of hydrogen-bond donors (Lipinski definition) is 3. The molecule has 3 heterocycles. The molecule has 2 aromatic carbocycles. The number of carbonyl (C=O) groups excluding carboxylic acids is 3. The largest absolute Gasteiger partial charge is 0.444 e. The Morgan fingerprint density at radius 2 is 1.79 bits per heavy atom. The lowest BCUT2D eigenvalue weighted by Crippen LogP contribution is -2.56. The monoisotopic (exact) mass is 809 g/mol. The van der Waals surface area contributed by atoms with Crippen molar-refractivity contribution in [2.45, 2.75) is 69.8 Å². The van der Waals surface area contributed by atoms with Crippen LogP contribution < -0.4 is 16.0 Å². The molecule has 300 valence electrons. The van der Waals surface area contributed by atoms with Crippen molar-refractivity contribution in [3.63, 3.8) is 0 Å². The third-order valence-corrected chi connectivity index (χ3v) is 12.1. The van der Waals surface area contributed by atoms with E-state index in [0.29, 0.717) is 57.1 Å². The lowest BCUT2D eigenvalue weighted by molar-refractivity contribution is -0.124. The van der Waals surface area contributed by atoms with Crippen LogP contribution in [-0.4, -0.2) is 95.3 Å². The first-order chi connectivity index (χ1) is 27.6. The Balaban J connectivity index is 1.20.